The molecule has 0 aromatic rings. The van der Waals surface area contributed by atoms with Crippen molar-refractivity contribution in [2.75, 3.05) is 0 Å². The molecular formula is C11H18O7. The summed E-state index contributed by atoms with van der Waals surface area (Å²) < 4.78 is 0. The molecule has 4 N–H and O–H groups in total. The molecule has 0 unspecified atom stereocenters. The first-order chi connectivity index (χ1) is 8.36. The van der Waals surface area contributed by atoms with E-state index < -0.39 is 18.1 Å². The van der Waals surface area contributed by atoms with Crippen LogP contribution in [0.25, 0.3) is 0 Å². The van der Waals surface area contributed by atoms with Crippen molar-refractivity contribution in [2.45, 2.75) is 38.5 Å². The summed E-state index contributed by atoms with van der Waals surface area (Å²) in [5.74, 6) is -2.51. The lowest BCUT2D eigenvalue weighted by Crippen LogP contribution is -1.91. The molecule has 1 aliphatic rings. The molecule has 0 amide bonds. The second kappa shape index (κ2) is 13.0. The summed E-state index contributed by atoms with van der Waals surface area (Å²) in [6.45, 7) is 0. The molecular weight excluding hydrogens is 244 g/mol. The summed E-state index contributed by atoms with van der Waals surface area (Å²) in [5.41, 5.74) is 0. The Bertz CT molecular complexity index is 248. The monoisotopic (exact) mass is 262 g/mol. The first-order valence-corrected chi connectivity index (χ1v) is 5.42. The largest absolute Gasteiger partial charge is 0.503 e. The molecule has 0 spiro atoms. The molecule has 104 valence electrons. The summed E-state index contributed by atoms with van der Waals surface area (Å²) in [6, 6.07) is 0. The molecule has 0 aliphatic heterocycles. The van der Waals surface area contributed by atoms with Crippen molar-refractivity contribution < 1.29 is 34.8 Å². The van der Waals surface area contributed by atoms with Crippen molar-refractivity contribution >= 4 is 18.1 Å². The van der Waals surface area contributed by atoms with Crippen LogP contribution in [-0.4, -0.2) is 38.5 Å². The van der Waals surface area contributed by atoms with Crippen LogP contribution in [0, 0.1) is 0 Å². The average molecular weight is 262 g/mol. The van der Waals surface area contributed by atoms with Gasteiger partial charge in [0.2, 0.25) is 0 Å². The second-order valence-electron chi connectivity index (χ2n) is 3.41. The predicted molar refractivity (Wildman–Crippen MR) is 62.8 cm³/mol. The molecule has 0 aromatic heterocycles. The normalized spacial score (nSPS) is 13.6. The third-order valence-electron chi connectivity index (χ3n) is 1.87. The molecule has 0 atom stereocenters. The molecule has 7 nitrogen and oxygen atoms in total. The first-order valence-electron chi connectivity index (χ1n) is 5.42. The van der Waals surface area contributed by atoms with E-state index in [1.54, 1.807) is 0 Å². The summed E-state index contributed by atoms with van der Waals surface area (Å²) in [4.78, 5) is 27.7. The zero-order chi connectivity index (χ0) is 14.4. The molecule has 0 heterocycles. The SMILES string of the molecule is C1CCCCC1.O=C(O)/C=C/C(=O)O.O=C(O)O. The molecule has 0 aromatic carbocycles. The maximum Gasteiger partial charge on any atom is 0.503 e. The molecule has 1 rings (SSSR count). The van der Waals surface area contributed by atoms with Gasteiger partial charge in [-0.15, -0.1) is 0 Å². The highest BCUT2D eigenvalue weighted by Crippen LogP contribution is 2.15. The van der Waals surface area contributed by atoms with Gasteiger partial charge < -0.3 is 20.4 Å². The molecule has 0 bridgehead atoms. The van der Waals surface area contributed by atoms with Crippen molar-refractivity contribution in [3.8, 4) is 0 Å². The van der Waals surface area contributed by atoms with Crippen molar-refractivity contribution in [1.29, 1.82) is 0 Å². The molecule has 7 heteroatoms. The Morgan fingerprint density at radius 3 is 0.889 bits per heavy atom. The van der Waals surface area contributed by atoms with E-state index >= 15 is 0 Å². The van der Waals surface area contributed by atoms with Gasteiger partial charge in [0.1, 0.15) is 0 Å². The summed E-state index contributed by atoms with van der Waals surface area (Å²) in [7, 11) is 0. The third-order valence-corrected chi connectivity index (χ3v) is 1.87. The standard InChI is InChI=1S/C6H12.C4H4O4.CH2O3/c1-2-4-6-5-3-1;5-3(6)1-2-4(7)8;2-1(3)4/h1-6H2;1-2H,(H,5,6)(H,7,8);(H2,2,3,4)/b;2-1+;. The average Bonchev–Trinajstić information content (AvgIpc) is 2.29. The van der Waals surface area contributed by atoms with Gasteiger partial charge >= 0.3 is 18.1 Å². The maximum absolute atomic E-state index is 9.55. The van der Waals surface area contributed by atoms with E-state index in [4.69, 9.17) is 25.2 Å². The van der Waals surface area contributed by atoms with Gasteiger partial charge in [-0.3, -0.25) is 0 Å². The molecule has 0 radical (unpaired) electrons. The molecule has 0 saturated heterocycles. The minimum absolute atomic E-state index is 0.558. The van der Waals surface area contributed by atoms with Gasteiger partial charge in [-0.05, 0) is 0 Å². The number of hydrogen-bond acceptors (Lipinski definition) is 3. The Kier molecular flexibility index (Phi) is 13.2. The van der Waals surface area contributed by atoms with Crippen LogP contribution < -0.4 is 0 Å². The third kappa shape index (κ3) is 29.2. The predicted octanol–water partition coefficient (Wildman–Crippen LogP) is 2.27. The summed E-state index contributed by atoms with van der Waals surface area (Å²) >= 11 is 0. The van der Waals surface area contributed by atoms with E-state index in [2.05, 4.69) is 0 Å². The number of carboxylic acids is 2. The number of rotatable bonds is 2. The lowest BCUT2D eigenvalue weighted by atomic mass is 10.0. The van der Waals surface area contributed by atoms with Crippen LogP contribution in [0.5, 0.6) is 0 Å². The Hall–Kier alpha value is -2.05. The van der Waals surface area contributed by atoms with Crippen molar-refractivity contribution in [2.24, 2.45) is 0 Å². The van der Waals surface area contributed by atoms with Crippen LogP contribution in [-0.2, 0) is 9.59 Å². The fourth-order valence-corrected chi connectivity index (χ4v) is 1.20. The maximum atomic E-state index is 9.55. The molecule has 18 heavy (non-hydrogen) atoms. The molecule has 1 fully saturated rings. The number of carboxylic acid groups (broad SMARTS) is 4. The Morgan fingerprint density at radius 1 is 0.611 bits per heavy atom. The lowest BCUT2D eigenvalue weighted by Gasteiger charge is -2.05. The fourth-order valence-electron chi connectivity index (χ4n) is 1.20. The minimum Gasteiger partial charge on any atom is -0.478 e. The van der Waals surface area contributed by atoms with Crippen LogP contribution in [0.4, 0.5) is 4.79 Å². The minimum atomic E-state index is -1.83. The van der Waals surface area contributed by atoms with E-state index in [0.29, 0.717) is 12.2 Å². The van der Waals surface area contributed by atoms with Gasteiger partial charge in [-0.25, -0.2) is 14.4 Å². The van der Waals surface area contributed by atoms with E-state index in [-0.39, 0.29) is 0 Å². The van der Waals surface area contributed by atoms with Crippen LogP contribution in [0.15, 0.2) is 12.2 Å². The Labute approximate surface area is 104 Å². The van der Waals surface area contributed by atoms with Gasteiger partial charge in [0.15, 0.2) is 0 Å². The van der Waals surface area contributed by atoms with E-state index in [1.807, 2.05) is 0 Å². The van der Waals surface area contributed by atoms with Gasteiger partial charge in [0, 0.05) is 12.2 Å². The van der Waals surface area contributed by atoms with Crippen molar-refractivity contribution in [3.63, 3.8) is 0 Å². The van der Waals surface area contributed by atoms with Crippen LogP contribution >= 0.6 is 0 Å². The highest BCUT2D eigenvalue weighted by molar-refractivity contribution is 5.89. The van der Waals surface area contributed by atoms with Gasteiger partial charge in [0.25, 0.3) is 0 Å². The zero-order valence-electron chi connectivity index (χ0n) is 9.91. The quantitative estimate of drug-likeness (QED) is 0.561. The number of aliphatic carboxylic acids is 2. The van der Waals surface area contributed by atoms with Crippen LogP contribution in [0.2, 0.25) is 0 Å². The Balaban J connectivity index is 0. The molecule has 1 aliphatic carbocycles. The first kappa shape index (κ1) is 18.3. The van der Waals surface area contributed by atoms with E-state index in [0.717, 1.165) is 0 Å². The zero-order valence-corrected chi connectivity index (χ0v) is 9.91. The van der Waals surface area contributed by atoms with Crippen molar-refractivity contribution in [1.82, 2.24) is 0 Å². The smallest absolute Gasteiger partial charge is 0.478 e. The van der Waals surface area contributed by atoms with Gasteiger partial charge in [-0.1, -0.05) is 38.5 Å². The van der Waals surface area contributed by atoms with Crippen LogP contribution in [0.3, 0.4) is 0 Å². The van der Waals surface area contributed by atoms with Gasteiger partial charge in [-0.2, -0.15) is 0 Å². The number of hydrogen-bond donors (Lipinski definition) is 4. The highest BCUT2D eigenvalue weighted by Gasteiger charge is 1.95. The lowest BCUT2D eigenvalue weighted by molar-refractivity contribution is -0.134. The van der Waals surface area contributed by atoms with E-state index in [9.17, 15) is 9.59 Å². The summed E-state index contributed by atoms with van der Waals surface area (Å²) in [5, 5.41) is 29.6. The molecule has 1 saturated carbocycles. The Morgan fingerprint density at radius 2 is 0.778 bits per heavy atom. The fraction of sp³-hybridized carbons (Fsp3) is 0.545. The topological polar surface area (TPSA) is 132 Å². The van der Waals surface area contributed by atoms with Crippen LogP contribution in [0.1, 0.15) is 38.5 Å². The highest BCUT2D eigenvalue weighted by atomic mass is 16.6. The van der Waals surface area contributed by atoms with E-state index in [1.165, 1.54) is 38.5 Å². The van der Waals surface area contributed by atoms with Gasteiger partial charge in [0.05, 0.1) is 0 Å². The van der Waals surface area contributed by atoms with Crippen molar-refractivity contribution in [3.05, 3.63) is 12.2 Å². The number of carbonyl (C=O) groups is 3. The second-order valence-corrected chi connectivity index (χ2v) is 3.41. The summed E-state index contributed by atoms with van der Waals surface area (Å²) in [6.07, 6.45) is 8.28.